The van der Waals surface area contributed by atoms with Crippen LogP contribution in [0.1, 0.15) is 34.1 Å². The molecule has 2 rings (SSSR count). The Bertz CT molecular complexity index is 511. The van der Waals surface area contributed by atoms with Gasteiger partial charge < -0.3 is 4.74 Å². The molecule has 2 nitrogen and oxygen atoms in total. The van der Waals surface area contributed by atoms with E-state index >= 15 is 0 Å². The second kappa shape index (κ2) is 5.82. The topological polar surface area (TPSA) is 26.3 Å². The highest BCUT2D eigenvalue weighted by Gasteiger charge is 2.48. The van der Waals surface area contributed by atoms with E-state index in [9.17, 15) is 4.79 Å². The molecule has 1 aromatic carbocycles. The fourth-order valence-electron chi connectivity index (χ4n) is 2.88. The van der Waals surface area contributed by atoms with Crippen LogP contribution in [-0.4, -0.2) is 22.7 Å². The number of halogens is 1. The van der Waals surface area contributed by atoms with Gasteiger partial charge in [0.15, 0.2) is 0 Å². The third-order valence-corrected chi connectivity index (χ3v) is 5.15. The SMILES string of the molecule is CC1(C)CC(C(=O)CSc2cccc(Br)c2)C(C)(C)O1. The Labute approximate surface area is 133 Å². The maximum Gasteiger partial charge on any atom is 0.149 e. The van der Waals surface area contributed by atoms with Crippen LogP contribution in [0.4, 0.5) is 0 Å². The van der Waals surface area contributed by atoms with Crippen molar-refractivity contribution in [1.29, 1.82) is 0 Å². The molecule has 1 heterocycles. The lowest BCUT2D eigenvalue weighted by atomic mass is 9.84. The van der Waals surface area contributed by atoms with Gasteiger partial charge in [-0.15, -0.1) is 11.8 Å². The predicted octanol–water partition coefficient (Wildman–Crippen LogP) is 4.70. The van der Waals surface area contributed by atoms with Gasteiger partial charge in [0.25, 0.3) is 0 Å². The number of rotatable bonds is 4. The van der Waals surface area contributed by atoms with Crippen molar-refractivity contribution in [2.24, 2.45) is 5.92 Å². The average molecular weight is 357 g/mol. The highest BCUT2D eigenvalue weighted by molar-refractivity contribution is 9.10. The smallest absolute Gasteiger partial charge is 0.149 e. The molecule has 20 heavy (non-hydrogen) atoms. The summed E-state index contributed by atoms with van der Waals surface area (Å²) in [5, 5.41) is 0. The average Bonchev–Trinajstić information content (AvgIpc) is 2.54. The molecule has 110 valence electrons. The first-order valence-corrected chi connectivity index (χ1v) is 8.59. The molecule has 1 aromatic rings. The number of Topliss-reactive ketones (excluding diaryl/α,β-unsaturated/α-hetero) is 1. The van der Waals surface area contributed by atoms with Crippen LogP contribution in [-0.2, 0) is 9.53 Å². The van der Waals surface area contributed by atoms with Gasteiger partial charge in [0.2, 0.25) is 0 Å². The standard InChI is InChI=1S/C16H21BrO2S/c1-15(2)9-13(16(3,4)19-15)14(18)10-20-12-7-5-6-11(17)8-12/h5-8,13H,9-10H2,1-4H3. The molecule has 1 fully saturated rings. The summed E-state index contributed by atoms with van der Waals surface area (Å²) < 4.78 is 7.05. The van der Waals surface area contributed by atoms with E-state index in [1.807, 2.05) is 38.1 Å². The van der Waals surface area contributed by atoms with Gasteiger partial charge in [-0.3, -0.25) is 4.79 Å². The molecule has 1 aliphatic rings. The zero-order chi connectivity index (χ0) is 15.0. The normalized spacial score (nSPS) is 23.8. The Morgan fingerprint density at radius 1 is 1.40 bits per heavy atom. The summed E-state index contributed by atoms with van der Waals surface area (Å²) in [4.78, 5) is 13.6. The number of carbonyl (C=O) groups is 1. The van der Waals surface area contributed by atoms with Crippen LogP contribution in [0.5, 0.6) is 0 Å². The monoisotopic (exact) mass is 356 g/mol. The summed E-state index contributed by atoms with van der Waals surface area (Å²) in [6.07, 6.45) is 0.803. The molecular formula is C16H21BrO2S. The molecule has 0 amide bonds. The van der Waals surface area contributed by atoms with Crippen molar-refractivity contribution < 1.29 is 9.53 Å². The summed E-state index contributed by atoms with van der Waals surface area (Å²) in [7, 11) is 0. The zero-order valence-electron chi connectivity index (χ0n) is 12.4. The molecule has 0 spiro atoms. The van der Waals surface area contributed by atoms with E-state index in [2.05, 4.69) is 29.8 Å². The summed E-state index contributed by atoms with van der Waals surface area (Å²) in [5.41, 5.74) is -0.567. The third-order valence-electron chi connectivity index (χ3n) is 3.64. The molecule has 4 heteroatoms. The van der Waals surface area contributed by atoms with E-state index in [0.29, 0.717) is 5.75 Å². The zero-order valence-corrected chi connectivity index (χ0v) is 14.8. The number of hydrogen-bond donors (Lipinski definition) is 0. The number of hydrogen-bond acceptors (Lipinski definition) is 3. The van der Waals surface area contributed by atoms with Crippen LogP contribution in [0, 0.1) is 5.92 Å². The van der Waals surface area contributed by atoms with Gasteiger partial charge in [-0.1, -0.05) is 22.0 Å². The van der Waals surface area contributed by atoms with E-state index in [1.165, 1.54) is 0 Å². The van der Waals surface area contributed by atoms with Crippen molar-refractivity contribution in [3.8, 4) is 0 Å². The van der Waals surface area contributed by atoms with Gasteiger partial charge in [-0.05, 0) is 52.3 Å². The molecular weight excluding hydrogens is 336 g/mol. The van der Waals surface area contributed by atoms with Crippen molar-refractivity contribution >= 4 is 33.5 Å². The number of thioether (sulfide) groups is 1. The minimum Gasteiger partial charge on any atom is -0.369 e. The van der Waals surface area contributed by atoms with E-state index in [1.54, 1.807) is 11.8 Å². The minimum absolute atomic E-state index is 0.0165. The molecule has 0 aromatic heterocycles. The highest BCUT2D eigenvalue weighted by Crippen LogP contribution is 2.43. The van der Waals surface area contributed by atoms with Crippen molar-refractivity contribution in [2.45, 2.75) is 50.2 Å². The van der Waals surface area contributed by atoms with E-state index in [4.69, 9.17) is 4.74 Å². The fourth-order valence-corrected chi connectivity index (χ4v) is 4.32. The summed E-state index contributed by atoms with van der Waals surface area (Å²) in [5.74, 6) is 0.770. The van der Waals surface area contributed by atoms with Crippen molar-refractivity contribution in [3.05, 3.63) is 28.7 Å². The lowest BCUT2D eigenvalue weighted by molar-refractivity contribution is -0.126. The Morgan fingerprint density at radius 3 is 2.65 bits per heavy atom. The van der Waals surface area contributed by atoms with Gasteiger partial charge >= 0.3 is 0 Å². The van der Waals surface area contributed by atoms with Gasteiger partial charge in [-0.2, -0.15) is 0 Å². The Balaban J connectivity index is 1.99. The number of benzene rings is 1. The quantitative estimate of drug-likeness (QED) is 0.731. The van der Waals surface area contributed by atoms with Crippen LogP contribution in [0.3, 0.4) is 0 Å². The van der Waals surface area contributed by atoms with Crippen LogP contribution in [0.2, 0.25) is 0 Å². The van der Waals surface area contributed by atoms with E-state index in [-0.39, 0.29) is 22.9 Å². The highest BCUT2D eigenvalue weighted by atomic mass is 79.9. The van der Waals surface area contributed by atoms with Crippen molar-refractivity contribution in [1.82, 2.24) is 0 Å². The molecule has 0 bridgehead atoms. The lowest BCUT2D eigenvalue weighted by Crippen LogP contribution is -2.34. The molecule has 1 unspecified atom stereocenters. The van der Waals surface area contributed by atoms with E-state index in [0.717, 1.165) is 15.8 Å². The van der Waals surface area contributed by atoms with E-state index < -0.39 is 0 Å². The van der Waals surface area contributed by atoms with Crippen LogP contribution in [0.25, 0.3) is 0 Å². The first-order chi connectivity index (χ1) is 9.20. The molecule has 0 aliphatic carbocycles. The minimum atomic E-state index is -0.363. The molecule has 1 atom stereocenters. The van der Waals surface area contributed by atoms with Crippen LogP contribution < -0.4 is 0 Å². The summed E-state index contributed by atoms with van der Waals surface area (Å²) in [6.45, 7) is 8.16. The Morgan fingerprint density at radius 2 is 2.10 bits per heavy atom. The summed E-state index contributed by atoms with van der Waals surface area (Å²) in [6, 6.07) is 8.05. The first-order valence-electron chi connectivity index (χ1n) is 6.81. The number of carbonyl (C=O) groups excluding carboxylic acids is 1. The predicted molar refractivity (Wildman–Crippen MR) is 87.2 cm³/mol. The Hall–Kier alpha value is -0.320. The molecule has 0 saturated carbocycles. The molecule has 0 N–H and O–H groups in total. The van der Waals surface area contributed by atoms with Gasteiger partial charge in [0.1, 0.15) is 5.78 Å². The van der Waals surface area contributed by atoms with Crippen LogP contribution in [0.15, 0.2) is 33.6 Å². The molecule has 1 saturated heterocycles. The Kier molecular flexibility index (Phi) is 4.67. The molecule has 0 radical (unpaired) electrons. The largest absolute Gasteiger partial charge is 0.369 e. The number of ketones is 1. The molecule has 1 aliphatic heterocycles. The maximum absolute atomic E-state index is 12.5. The van der Waals surface area contributed by atoms with Crippen LogP contribution >= 0.6 is 27.7 Å². The third kappa shape index (κ3) is 3.86. The van der Waals surface area contributed by atoms with Gasteiger partial charge in [-0.25, -0.2) is 0 Å². The lowest BCUT2D eigenvalue weighted by Gasteiger charge is -2.26. The second-order valence-corrected chi connectivity index (χ2v) is 8.40. The fraction of sp³-hybridized carbons (Fsp3) is 0.562. The van der Waals surface area contributed by atoms with Crippen molar-refractivity contribution in [2.75, 3.05) is 5.75 Å². The van der Waals surface area contributed by atoms with Crippen molar-refractivity contribution in [3.63, 3.8) is 0 Å². The second-order valence-electron chi connectivity index (χ2n) is 6.43. The summed E-state index contributed by atoms with van der Waals surface area (Å²) >= 11 is 5.05. The first kappa shape index (κ1) is 16.1. The number of ether oxygens (including phenoxy) is 1. The maximum atomic E-state index is 12.5. The van der Waals surface area contributed by atoms with Gasteiger partial charge in [0, 0.05) is 15.3 Å². The van der Waals surface area contributed by atoms with Gasteiger partial charge in [0.05, 0.1) is 17.0 Å².